The highest BCUT2D eigenvalue weighted by Crippen LogP contribution is 2.20. The van der Waals surface area contributed by atoms with Crippen molar-refractivity contribution in [2.45, 2.75) is 25.3 Å². The highest BCUT2D eigenvalue weighted by Gasteiger charge is 2.20. The Morgan fingerprint density at radius 1 is 1.44 bits per heavy atom. The Balaban J connectivity index is 2.03. The lowest BCUT2D eigenvalue weighted by molar-refractivity contribution is -0.118. The molecule has 2 N–H and O–H groups in total. The number of carbonyl (C=O) groups excluding carboxylic acids is 1. The standard InChI is InChI=1S/C13H17FN2O2/c1-18-11-7-9(14)6-10(8-11)16-13(17)12-4-2-3-5-15-12/h6-8,12,15H,2-5H2,1H3,(H,16,17)/t12-/m0/s1. The Kier molecular flexibility index (Phi) is 4.15. The maximum absolute atomic E-state index is 13.3. The molecule has 1 aromatic rings. The van der Waals surface area contributed by atoms with Crippen LogP contribution in [0.15, 0.2) is 18.2 Å². The van der Waals surface area contributed by atoms with Crippen molar-refractivity contribution >= 4 is 11.6 Å². The highest BCUT2D eigenvalue weighted by atomic mass is 19.1. The Bertz CT molecular complexity index is 431. The second kappa shape index (κ2) is 5.82. The van der Waals surface area contributed by atoms with Crippen molar-refractivity contribution in [3.8, 4) is 5.75 Å². The summed E-state index contributed by atoms with van der Waals surface area (Å²) in [4.78, 5) is 11.9. The van der Waals surface area contributed by atoms with Gasteiger partial charge in [-0.05, 0) is 25.5 Å². The van der Waals surface area contributed by atoms with Gasteiger partial charge in [0.25, 0.3) is 0 Å². The predicted molar refractivity (Wildman–Crippen MR) is 67.2 cm³/mol. The molecule has 1 aromatic carbocycles. The van der Waals surface area contributed by atoms with Crippen molar-refractivity contribution in [1.82, 2.24) is 5.32 Å². The average molecular weight is 252 g/mol. The largest absolute Gasteiger partial charge is 0.497 e. The van der Waals surface area contributed by atoms with Gasteiger partial charge in [-0.2, -0.15) is 0 Å². The Hall–Kier alpha value is -1.62. The van der Waals surface area contributed by atoms with Crippen molar-refractivity contribution < 1.29 is 13.9 Å². The predicted octanol–water partition coefficient (Wildman–Crippen LogP) is 1.91. The van der Waals surface area contributed by atoms with Gasteiger partial charge < -0.3 is 15.4 Å². The SMILES string of the molecule is COc1cc(F)cc(NC(=O)[C@@H]2CCCCN2)c1. The molecule has 2 rings (SSSR count). The first-order valence-corrected chi connectivity index (χ1v) is 6.08. The maximum Gasteiger partial charge on any atom is 0.241 e. The van der Waals surface area contributed by atoms with Crippen LogP contribution in [0.5, 0.6) is 5.75 Å². The molecule has 1 amide bonds. The summed E-state index contributed by atoms with van der Waals surface area (Å²) in [5, 5.41) is 5.85. The highest BCUT2D eigenvalue weighted by molar-refractivity contribution is 5.95. The lowest BCUT2D eigenvalue weighted by Crippen LogP contribution is -2.43. The van der Waals surface area contributed by atoms with Crippen LogP contribution in [0.3, 0.4) is 0 Å². The fourth-order valence-corrected chi connectivity index (χ4v) is 2.06. The summed E-state index contributed by atoms with van der Waals surface area (Å²) in [7, 11) is 1.46. The molecule has 1 atom stereocenters. The smallest absolute Gasteiger partial charge is 0.241 e. The molecule has 0 radical (unpaired) electrons. The van der Waals surface area contributed by atoms with Gasteiger partial charge in [0.1, 0.15) is 11.6 Å². The van der Waals surface area contributed by atoms with E-state index in [0.717, 1.165) is 25.8 Å². The summed E-state index contributed by atoms with van der Waals surface area (Å²) in [6.45, 7) is 0.852. The minimum absolute atomic E-state index is 0.123. The molecule has 0 spiro atoms. The van der Waals surface area contributed by atoms with Gasteiger partial charge in [-0.3, -0.25) is 4.79 Å². The molecule has 1 aliphatic rings. The fraction of sp³-hybridized carbons (Fsp3) is 0.462. The van der Waals surface area contributed by atoms with E-state index in [1.165, 1.54) is 19.2 Å². The Morgan fingerprint density at radius 2 is 2.28 bits per heavy atom. The van der Waals surface area contributed by atoms with Crippen molar-refractivity contribution in [2.24, 2.45) is 0 Å². The molecule has 1 saturated heterocycles. The quantitative estimate of drug-likeness (QED) is 0.864. The van der Waals surface area contributed by atoms with Crippen LogP contribution >= 0.6 is 0 Å². The van der Waals surface area contributed by atoms with Crippen LogP contribution in [0.1, 0.15) is 19.3 Å². The van der Waals surface area contributed by atoms with E-state index in [9.17, 15) is 9.18 Å². The van der Waals surface area contributed by atoms with Crippen molar-refractivity contribution in [2.75, 3.05) is 19.0 Å². The number of amides is 1. The van der Waals surface area contributed by atoms with E-state index < -0.39 is 5.82 Å². The van der Waals surface area contributed by atoms with E-state index in [2.05, 4.69) is 10.6 Å². The van der Waals surface area contributed by atoms with Crippen molar-refractivity contribution in [3.63, 3.8) is 0 Å². The van der Waals surface area contributed by atoms with E-state index in [-0.39, 0.29) is 11.9 Å². The molecule has 98 valence electrons. The number of benzene rings is 1. The number of ether oxygens (including phenoxy) is 1. The molecule has 0 bridgehead atoms. The van der Waals surface area contributed by atoms with Gasteiger partial charge in [0.15, 0.2) is 0 Å². The van der Waals surface area contributed by atoms with Gasteiger partial charge in [-0.15, -0.1) is 0 Å². The molecular formula is C13H17FN2O2. The van der Waals surface area contributed by atoms with E-state index >= 15 is 0 Å². The van der Waals surface area contributed by atoms with Gasteiger partial charge >= 0.3 is 0 Å². The summed E-state index contributed by atoms with van der Waals surface area (Å²) in [6, 6.07) is 3.97. The number of rotatable bonds is 3. The summed E-state index contributed by atoms with van der Waals surface area (Å²) in [5.41, 5.74) is 0.421. The topological polar surface area (TPSA) is 50.4 Å². The number of halogens is 1. The number of nitrogens with one attached hydrogen (secondary N) is 2. The maximum atomic E-state index is 13.3. The Labute approximate surface area is 106 Å². The van der Waals surface area contributed by atoms with E-state index in [0.29, 0.717) is 11.4 Å². The first-order chi connectivity index (χ1) is 8.69. The van der Waals surface area contributed by atoms with Crippen LogP contribution in [0.25, 0.3) is 0 Å². The molecule has 4 nitrogen and oxygen atoms in total. The van der Waals surface area contributed by atoms with Crippen LogP contribution in [0, 0.1) is 5.82 Å². The summed E-state index contributed by atoms with van der Waals surface area (Å²) in [6.07, 6.45) is 2.95. The minimum Gasteiger partial charge on any atom is -0.497 e. The van der Waals surface area contributed by atoms with Gasteiger partial charge in [0.2, 0.25) is 5.91 Å². The van der Waals surface area contributed by atoms with Gasteiger partial charge in [0, 0.05) is 17.8 Å². The number of anilines is 1. The third kappa shape index (κ3) is 3.20. The third-order valence-electron chi connectivity index (χ3n) is 3.00. The van der Waals surface area contributed by atoms with Gasteiger partial charge in [0.05, 0.1) is 13.2 Å². The lowest BCUT2D eigenvalue weighted by Gasteiger charge is -2.22. The molecule has 0 saturated carbocycles. The first kappa shape index (κ1) is 12.8. The summed E-state index contributed by atoms with van der Waals surface area (Å²) >= 11 is 0. The molecule has 1 aliphatic heterocycles. The normalized spacial score (nSPS) is 19.3. The third-order valence-corrected chi connectivity index (χ3v) is 3.00. The Morgan fingerprint density at radius 3 is 2.94 bits per heavy atom. The number of hydrogen-bond donors (Lipinski definition) is 2. The van der Waals surface area contributed by atoms with Gasteiger partial charge in [-0.1, -0.05) is 6.42 Å². The number of hydrogen-bond acceptors (Lipinski definition) is 3. The molecule has 1 fully saturated rings. The van der Waals surface area contributed by atoms with Crippen LogP contribution < -0.4 is 15.4 Å². The molecule has 18 heavy (non-hydrogen) atoms. The molecular weight excluding hydrogens is 235 g/mol. The fourth-order valence-electron chi connectivity index (χ4n) is 2.06. The van der Waals surface area contributed by atoms with E-state index in [4.69, 9.17) is 4.74 Å². The number of carbonyl (C=O) groups is 1. The van der Waals surface area contributed by atoms with Crippen LogP contribution in [-0.4, -0.2) is 25.6 Å². The zero-order valence-corrected chi connectivity index (χ0v) is 10.3. The lowest BCUT2D eigenvalue weighted by atomic mass is 10.0. The second-order valence-corrected chi connectivity index (χ2v) is 4.37. The number of piperidine rings is 1. The average Bonchev–Trinajstić information content (AvgIpc) is 2.39. The van der Waals surface area contributed by atoms with Crippen LogP contribution in [0.2, 0.25) is 0 Å². The molecule has 0 unspecified atom stereocenters. The summed E-state index contributed by atoms with van der Waals surface area (Å²) < 4.78 is 18.2. The van der Waals surface area contributed by atoms with Crippen molar-refractivity contribution in [1.29, 1.82) is 0 Å². The molecule has 0 aliphatic carbocycles. The molecule has 1 heterocycles. The number of methoxy groups -OCH3 is 1. The van der Waals surface area contributed by atoms with Crippen LogP contribution in [-0.2, 0) is 4.79 Å². The van der Waals surface area contributed by atoms with E-state index in [1.54, 1.807) is 6.07 Å². The molecule has 0 aromatic heterocycles. The second-order valence-electron chi connectivity index (χ2n) is 4.37. The zero-order chi connectivity index (χ0) is 13.0. The molecule has 5 heteroatoms. The zero-order valence-electron chi connectivity index (χ0n) is 10.3. The summed E-state index contributed by atoms with van der Waals surface area (Å²) in [5.74, 6) is -0.162. The van der Waals surface area contributed by atoms with E-state index in [1.807, 2.05) is 0 Å². The van der Waals surface area contributed by atoms with Gasteiger partial charge in [-0.25, -0.2) is 4.39 Å². The first-order valence-electron chi connectivity index (χ1n) is 6.08. The van der Waals surface area contributed by atoms with Crippen molar-refractivity contribution in [3.05, 3.63) is 24.0 Å². The monoisotopic (exact) mass is 252 g/mol. The minimum atomic E-state index is -0.429. The van der Waals surface area contributed by atoms with Crippen LogP contribution in [0.4, 0.5) is 10.1 Å².